The lowest BCUT2D eigenvalue weighted by atomic mass is 10.2. The third kappa shape index (κ3) is 2.94. The number of benzene rings is 1. The Morgan fingerprint density at radius 1 is 1.50 bits per heavy atom. The number of ether oxygens (including phenoxy) is 1. The van der Waals surface area contributed by atoms with E-state index in [2.05, 4.69) is 0 Å². The topological polar surface area (TPSA) is 55.5 Å². The second kappa shape index (κ2) is 5.96. The van der Waals surface area contributed by atoms with E-state index in [0.29, 0.717) is 17.9 Å². The Bertz CT molecular complexity index is 305. The van der Waals surface area contributed by atoms with Gasteiger partial charge in [0.2, 0.25) is 0 Å². The molecule has 0 atom stereocenters. The third-order valence-electron chi connectivity index (χ3n) is 1.65. The number of hydrogen-bond donors (Lipinski definition) is 2. The smallest absolute Gasteiger partial charge is 0.138 e. The predicted molar refractivity (Wildman–Crippen MR) is 59.4 cm³/mol. The van der Waals surface area contributed by atoms with Crippen LogP contribution < -0.4 is 10.5 Å². The Morgan fingerprint density at radius 2 is 2.14 bits per heavy atom. The molecule has 0 fully saturated rings. The second-order valence-corrected chi connectivity index (χ2v) is 2.96. The van der Waals surface area contributed by atoms with Crippen LogP contribution in [0.15, 0.2) is 12.1 Å². The van der Waals surface area contributed by atoms with Crippen LogP contribution in [0.25, 0.3) is 0 Å². The van der Waals surface area contributed by atoms with Gasteiger partial charge in [0.05, 0.1) is 11.6 Å². The zero-order chi connectivity index (χ0) is 9.84. The number of halogens is 2. The summed E-state index contributed by atoms with van der Waals surface area (Å²) in [7, 11) is 0. The van der Waals surface area contributed by atoms with Gasteiger partial charge in [-0.15, -0.1) is 12.4 Å². The zero-order valence-electron chi connectivity index (χ0n) is 7.79. The van der Waals surface area contributed by atoms with E-state index in [-0.39, 0.29) is 29.7 Å². The minimum atomic E-state index is 0. The summed E-state index contributed by atoms with van der Waals surface area (Å²) in [4.78, 5) is 0. The van der Waals surface area contributed by atoms with Gasteiger partial charge in [-0.2, -0.15) is 0 Å². The van der Waals surface area contributed by atoms with Gasteiger partial charge in [-0.1, -0.05) is 11.6 Å². The molecular weight excluding hydrogens is 225 g/mol. The summed E-state index contributed by atoms with van der Waals surface area (Å²) in [5.41, 5.74) is 6.00. The maximum absolute atomic E-state index is 9.42. The largest absolute Gasteiger partial charge is 0.506 e. The summed E-state index contributed by atoms with van der Waals surface area (Å²) in [6, 6.07) is 3.25. The zero-order valence-corrected chi connectivity index (χ0v) is 9.36. The average molecular weight is 238 g/mol. The first-order valence-corrected chi connectivity index (χ1v) is 4.41. The first-order valence-electron chi connectivity index (χ1n) is 4.03. The highest BCUT2D eigenvalue weighted by atomic mass is 35.5. The number of rotatable bonds is 3. The monoisotopic (exact) mass is 237 g/mol. The lowest BCUT2D eigenvalue weighted by Crippen LogP contribution is -1.99. The standard InChI is InChI=1S/C9H12ClNO2.ClH/c1-2-13-7-3-6(5-11)9(12)8(10)4-7;/h3-4,12H,2,5,11H2,1H3;1H. The molecule has 5 heteroatoms. The van der Waals surface area contributed by atoms with Crippen molar-refractivity contribution in [1.82, 2.24) is 0 Å². The van der Waals surface area contributed by atoms with Gasteiger partial charge < -0.3 is 15.6 Å². The van der Waals surface area contributed by atoms with Crippen LogP contribution in [0.1, 0.15) is 12.5 Å². The van der Waals surface area contributed by atoms with E-state index >= 15 is 0 Å². The minimum Gasteiger partial charge on any atom is -0.506 e. The molecule has 80 valence electrons. The van der Waals surface area contributed by atoms with Gasteiger partial charge in [0.25, 0.3) is 0 Å². The van der Waals surface area contributed by atoms with Crippen LogP contribution in [0.4, 0.5) is 0 Å². The van der Waals surface area contributed by atoms with Crippen molar-refractivity contribution in [1.29, 1.82) is 0 Å². The van der Waals surface area contributed by atoms with Crippen molar-refractivity contribution in [3.8, 4) is 11.5 Å². The van der Waals surface area contributed by atoms with E-state index in [1.165, 1.54) is 0 Å². The van der Waals surface area contributed by atoms with Gasteiger partial charge in [-0.05, 0) is 13.0 Å². The van der Waals surface area contributed by atoms with E-state index in [1.54, 1.807) is 12.1 Å². The van der Waals surface area contributed by atoms with Crippen molar-refractivity contribution in [2.75, 3.05) is 6.61 Å². The Kier molecular flexibility index (Phi) is 5.69. The summed E-state index contributed by atoms with van der Waals surface area (Å²) in [6.07, 6.45) is 0. The molecule has 0 heterocycles. The maximum atomic E-state index is 9.42. The second-order valence-electron chi connectivity index (χ2n) is 2.55. The molecule has 0 amide bonds. The number of hydrogen-bond acceptors (Lipinski definition) is 3. The fourth-order valence-corrected chi connectivity index (χ4v) is 1.26. The molecule has 0 aliphatic heterocycles. The van der Waals surface area contributed by atoms with Crippen molar-refractivity contribution < 1.29 is 9.84 Å². The Labute approximate surface area is 94.2 Å². The normalized spacial score (nSPS) is 9.36. The Morgan fingerprint density at radius 3 is 2.64 bits per heavy atom. The molecule has 0 radical (unpaired) electrons. The molecule has 1 rings (SSSR count). The van der Waals surface area contributed by atoms with E-state index in [9.17, 15) is 5.11 Å². The molecule has 0 aliphatic carbocycles. The predicted octanol–water partition coefficient (Wildman–Crippen LogP) is 2.32. The van der Waals surface area contributed by atoms with Crippen LogP contribution in [0.3, 0.4) is 0 Å². The lowest BCUT2D eigenvalue weighted by molar-refractivity contribution is 0.339. The summed E-state index contributed by atoms with van der Waals surface area (Å²) in [5, 5.41) is 9.69. The van der Waals surface area contributed by atoms with Crippen LogP contribution in [0, 0.1) is 0 Å². The molecule has 3 N–H and O–H groups in total. The molecule has 0 spiro atoms. The van der Waals surface area contributed by atoms with Crippen molar-refractivity contribution in [3.63, 3.8) is 0 Å². The van der Waals surface area contributed by atoms with Crippen LogP contribution >= 0.6 is 24.0 Å². The minimum absolute atomic E-state index is 0. The molecule has 0 aromatic heterocycles. The maximum Gasteiger partial charge on any atom is 0.138 e. The molecule has 1 aromatic carbocycles. The van der Waals surface area contributed by atoms with Gasteiger partial charge in [0.1, 0.15) is 11.5 Å². The number of nitrogens with two attached hydrogens (primary N) is 1. The Hall–Kier alpha value is -0.640. The molecule has 0 bridgehead atoms. The highest BCUT2D eigenvalue weighted by Gasteiger charge is 2.07. The Balaban J connectivity index is 0.00000169. The summed E-state index contributed by atoms with van der Waals surface area (Å²) in [6.45, 7) is 2.68. The molecule has 0 aliphatic rings. The fourth-order valence-electron chi connectivity index (χ4n) is 1.03. The SMILES string of the molecule is CCOc1cc(Cl)c(O)c(CN)c1.Cl. The van der Waals surface area contributed by atoms with Gasteiger partial charge in [-0.25, -0.2) is 0 Å². The quantitative estimate of drug-likeness (QED) is 0.849. The number of phenols is 1. The van der Waals surface area contributed by atoms with E-state index in [0.717, 1.165) is 0 Å². The van der Waals surface area contributed by atoms with Gasteiger partial charge in [0.15, 0.2) is 0 Å². The molecule has 3 nitrogen and oxygen atoms in total. The average Bonchev–Trinajstić information content (AvgIpc) is 2.11. The van der Waals surface area contributed by atoms with Crippen molar-refractivity contribution in [3.05, 3.63) is 22.7 Å². The fraction of sp³-hybridized carbons (Fsp3) is 0.333. The van der Waals surface area contributed by atoms with Gasteiger partial charge in [0, 0.05) is 18.2 Å². The van der Waals surface area contributed by atoms with E-state index < -0.39 is 0 Å². The summed E-state index contributed by atoms with van der Waals surface area (Å²) < 4.78 is 5.23. The van der Waals surface area contributed by atoms with Crippen LogP contribution in [0.5, 0.6) is 11.5 Å². The van der Waals surface area contributed by atoms with Crippen LogP contribution in [-0.4, -0.2) is 11.7 Å². The first-order chi connectivity index (χ1) is 6.19. The summed E-state index contributed by atoms with van der Waals surface area (Å²) >= 11 is 5.75. The first kappa shape index (κ1) is 13.4. The van der Waals surface area contributed by atoms with Gasteiger partial charge in [-0.3, -0.25) is 0 Å². The van der Waals surface area contributed by atoms with E-state index in [1.807, 2.05) is 6.92 Å². The molecule has 1 aromatic rings. The molecule has 0 saturated carbocycles. The van der Waals surface area contributed by atoms with E-state index in [4.69, 9.17) is 22.1 Å². The molecular formula is C9H13Cl2NO2. The molecule has 14 heavy (non-hydrogen) atoms. The number of phenolic OH excluding ortho intramolecular Hbond substituents is 1. The highest BCUT2D eigenvalue weighted by Crippen LogP contribution is 2.31. The number of aromatic hydroxyl groups is 1. The van der Waals surface area contributed by atoms with Gasteiger partial charge >= 0.3 is 0 Å². The molecule has 0 saturated heterocycles. The highest BCUT2D eigenvalue weighted by molar-refractivity contribution is 6.32. The van der Waals surface area contributed by atoms with Crippen LogP contribution in [0.2, 0.25) is 5.02 Å². The lowest BCUT2D eigenvalue weighted by Gasteiger charge is -2.08. The molecule has 0 unspecified atom stereocenters. The third-order valence-corrected chi connectivity index (χ3v) is 1.93. The summed E-state index contributed by atoms with van der Waals surface area (Å²) in [5.74, 6) is 0.665. The van der Waals surface area contributed by atoms with Crippen molar-refractivity contribution >= 4 is 24.0 Å². The van der Waals surface area contributed by atoms with Crippen molar-refractivity contribution in [2.24, 2.45) is 5.73 Å². The van der Waals surface area contributed by atoms with Crippen molar-refractivity contribution in [2.45, 2.75) is 13.5 Å². The van der Waals surface area contributed by atoms with Crippen LogP contribution in [-0.2, 0) is 6.54 Å².